The number of nitrogens with one attached hydrogen (secondary N) is 3. The highest BCUT2D eigenvalue weighted by molar-refractivity contribution is 6.04. The maximum absolute atomic E-state index is 12.8. The second-order valence-electron chi connectivity index (χ2n) is 7.54. The average molecular weight is 409 g/mol. The molecule has 30 heavy (non-hydrogen) atoms. The van der Waals surface area contributed by atoms with Gasteiger partial charge in [0, 0.05) is 37.1 Å². The minimum Gasteiger partial charge on any atom is -0.341 e. The minimum absolute atomic E-state index is 0.0315. The summed E-state index contributed by atoms with van der Waals surface area (Å²) in [5.41, 5.74) is 3.27. The third-order valence-electron chi connectivity index (χ3n) is 5.50. The number of nitrogens with zero attached hydrogens (tertiary/aromatic N) is 1. The van der Waals surface area contributed by atoms with E-state index in [0.717, 1.165) is 17.7 Å². The number of urea groups is 1. The smallest absolute Gasteiger partial charge is 0.318 e. The highest BCUT2D eigenvalue weighted by Crippen LogP contribution is 2.33. The number of para-hydroxylation sites is 1. The summed E-state index contributed by atoms with van der Waals surface area (Å²) in [7, 11) is 1.54. The van der Waals surface area contributed by atoms with Gasteiger partial charge in [-0.3, -0.25) is 9.59 Å². The van der Waals surface area contributed by atoms with Crippen molar-refractivity contribution in [3.63, 3.8) is 0 Å². The van der Waals surface area contributed by atoms with Crippen molar-refractivity contribution >= 4 is 34.9 Å². The molecule has 1 aliphatic rings. The zero-order valence-corrected chi connectivity index (χ0v) is 17.6. The number of carbonyl (C=O) groups is 3. The van der Waals surface area contributed by atoms with E-state index >= 15 is 0 Å². The Morgan fingerprint density at radius 3 is 2.33 bits per heavy atom. The van der Waals surface area contributed by atoms with Crippen LogP contribution in [0.5, 0.6) is 0 Å². The fourth-order valence-electron chi connectivity index (χ4n) is 3.56. The lowest BCUT2D eigenvalue weighted by Crippen LogP contribution is -2.29. The van der Waals surface area contributed by atoms with E-state index in [0.29, 0.717) is 23.8 Å². The molecule has 1 fully saturated rings. The average Bonchev–Trinajstić information content (AvgIpc) is 3.16. The second-order valence-corrected chi connectivity index (χ2v) is 7.54. The van der Waals surface area contributed by atoms with Gasteiger partial charge in [-0.15, -0.1) is 0 Å². The lowest BCUT2D eigenvalue weighted by molar-refractivity contribution is -0.122. The van der Waals surface area contributed by atoms with Gasteiger partial charge in [0.1, 0.15) is 0 Å². The summed E-state index contributed by atoms with van der Waals surface area (Å²) in [5.74, 6) is -0.287. The van der Waals surface area contributed by atoms with E-state index in [1.54, 1.807) is 29.2 Å². The maximum atomic E-state index is 12.8. The zero-order valence-electron chi connectivity index (χ0n) is 17.6. The molecule has 0 aliphatic carbocycles. The van der Waals surface area contributed by atoms with Crippen LogP contribution in [-0.2, 0) is 9.59 Å². The van der Waals surface area contributed by atoms with Gasteiger partial charge in [0.05, 0.1) is 5.92 Å². The van der Waals surface area contributed by atoms with Crippen LogP contribution in [-0.4, -0.2) is 31.4 Å². The summed E-state index contributed by atoms with van der Waals surface area (Å²) in [6.07, 6.45) is 1.17. The van der Waals surface area contributed by atoms with Gasteiger partial charge in [-0.1, -0.05) is 32.0 Å². The third-order valence-corrected chi connectivity index (χ3v) is 5.50. The van der Waals surface area contributed by atoms with Crippen LogP contribution < -0.4 is 20.9 Å². The number of carbonyl (C=O) groups excluding carboxylic acids is 3. The molecule has 1 aliphatic heterocycles. The fourth-order valence-corrected chi connectivity index (χ4v) is 3.56. The molecule has 1 heterocycles. The van der Waals surface area contributed by atoms with Crippen molar-refractivity contribution in [3.8, 4) is 0 Å². The van der Waals surface area contributed by atoms with Gasteiger partial charge in [-0.05, 0) is 48.2 Å². The van der Waals surface area contributed by atoms with Crippen molar-refractivity contribution in [1.29, 1.82) is 0 Å². The summed E-state index contributed by atoms with van der Waals surface area (Å²) in [6, 6.07) is 14.5. The predicted octanol–water partition coefficient (Wildman–Crippen LogP) is 3.94. The molecule has 158 valence electrons. The van der Waals surface area contributed by atoms with E-state index in [2.05, 4.69) is 35.9 Å². The monoisotopic (exact) mass is 408 g/mol. The number of hydrogen-bond donors (Lipinski definition) is 3. The topological polar surface area (TPSA) is 90.5 Å². The molecule has 0 radical (unpaired) electrons. The molecule has 2 aromatic rings. The lowest BCUT2D eigenvalue weighted by Gasteiger charge is -2.23. The van der Waals surface area contributed by atoms with Crippen LogP contribution in [0.15, 0.2) is 48.5 Å². The molecule has 0 saturated carbocycles. The third kappa shape index (κ3) is 4.79. The van der Waals surface area contributed by atoms with Crippen molar-refractivity contribution in [1.82, 2.24) is 5.32 Å². The SMILES string of the molecule is CCC(C)c1ccccc1N1CC(C(=O)Nc2ccc(NC(=O)NC)cc2)CC1=O. The minimum atomic E-state index is -0.411. The van der Waals surface area contributed by atoms with Crippen molar-refractivity contribution < 1.29 is 14.4 Å². The summed E-state index contributed by atoms with van der Waals surface area (Å²) in [4.78, 5) is 38.5. The van der Waals surface area contributed by atoms with Crippen LogP contribution in [0.4, 0.5) is 21.9 Å². The van der Waals surface area contributed by atoms with E-state index in [9.17, 15) is 14.4 Å². The fraction of sp³-hybridized carbons (Fsp3) is 0.348. The van der Waals surface area contributed by atoms with E-state index in [1.165, 1.54) is 7.05 Å². The summed E-state index contributed by atoms with van der Waals surface area (Å²) in [5, 5.41) is 8.01. The van der Waals surface area contributed by atoms with Gasteiger partial charge in [0.2, 0.25) is 11.8 Å². The van der Waals surface area contributed by atoms with Gasteiger partial charge in [0.25, 0.3) is 0 Å². The Morgan fingerprint density at radius 2 is 1.70 bits per heavy atom. The quantitative estimate of drug-likeness (QED) is 0.676. The molecule has 0 bridgehead atoms. The first kappa shape index (κ1) is 21.4. The first-order chi connectivity index (χ1) is 14.4. The molecule has 0 spiro atoms. The zero-order chi connectivity index (χ0) is 21.7. The molecule has 2 aromatic carbocycles. The summed E-state index contributed by atoms with van der Waals surface area (Å²) < 4.78 is 0. The first-order valence-corrected chi connectivity index (χ1v) is 10.2. The molecular weight excluding hydrogens is 380 g/mol. The molecule has 2 atom stereocenters. The van der Waals surface area contributed by atoms with Gasteiger partial charge >= 0.3 is 6.03 Å². The molecule has 7 nitrogen and oxygen atoms in total. The Labute approximate surface area is 176 Å². The Morgan fingerprint density at radius 1 is 1.07 bits per heavy atom. The number of hydrogen-bond acceptors (Lipinski definition) is 3. The van der Waals surface area contributed by atoms with E-state index in [1.807, 2.05) is 18.2 Å². The van der Waals surface area contributed by atoms with Crippen LogP contribution in [0.25, 0.3) is 0 Å². The van der Waals surface area contributed by atoms with Gasteiger partial charge < -0.3 is 20.9 Å². The Kier molecular flexibility index (Phi) is 6.72. The molecular formula is C23H28N4O3. The van der Waals surface area contributed by atoms with Crippen LogP contribution in [0.3, 0.4) is 0 Å². The standard InChI is InChI=1S/C23H28N4O3/c1-4-15(2)19-7-5-6-8-20(19)27-14-16(13-21(27)28)22(29)25-17-9-11-18(12-10-17)26-23(30)24-3/h5-12,15-16H,4,13-14H2,1-3H3,(H,25,29)(H2,24,26,30). The number of amides is 4. The lowest BCUT2D eigenvalue weighted by atomic mass is 9.96. The Bertz CT molecular complexity index is 926. The van der Waals surface area contributed by atoms with E-state index in [4.69, 9.17) is 0 Å². The van der Waals surface area contributed by atoms with Crippen molar-refractivity contribution in [2.75, 3.05) is 29.1 Å². The molecule has 7 heteroatoms. The highest BCUT2D eigenvalue weighted by atomic mass is 16.2. The van der Waals surface area contributed by atoms with E-state index in [-0.39, 0.29) is 24.3 Å². The van der Waals surface area contributed by atoms with E-state index < -0.39 is 5.92 Å². The van der Waals surface area contributed by atoms with Crippen molar-refractivity contribution in [2.24, 2.45) is 5.92 Å². The predicted molar refractivity (Wildman–Crippen MR) is 119 cm³/mol. The normalized spacial score (nSPS) is 16.8. The van der Waals surface area contributed by atoms with Gasteiger partial charge in [-0.2, -0.15) is 0 Å². The van der Waals surface area contributed by atoms with Crippen LogP contribution in [0.2, 0.25) is 0 Å². The maximum Gasteiger partial charge on any atom is 0.318 e. The molecule has 0 aromatic heterocycles. The van der Waals surface area contributed by atoms with Crippen LogP contribution in [0.1, 0.15) is 38.2 Å². The molecule has 4 amide bonds. The van der Waals surface area contributed by atoms with Gasteiger partial charge in [0.15, 0.2) is 0 Å². The van der Waals surface area contributed by atoms with Gasteiger partial charge in [-0.25, -0.2) is 4.79 Å². The molecule has 2 unspecified atom stereocenters. The number of rotatable bonds is 6. The van der Waals surface area contributed by atoms with Crippen molar-refractivity contribution in [3.05, 3.63) is 54.1 Å². The first-order valence-electron chi connectivity index (χ1n) is 10.2. The molecule has 1 saturated heterocycles. The summed E-state index contributed by atoms with van der Waals surface area (Å²) >= 11 is 0. The number of anilines is 3. The molecule has 3 N–H and O–H groups in total. The van der Waals surface area contributed by atoms with Crippen LogP contribution >= 0.6 is 0 Å². The molecule has 3 rings (SSSR count). The van der Waals surface area contributed by atoms with Crippen LogP contribution in [0, 0.1) is 5.92 Å². The second kappa shape index (κ2) is 9.43. The Balaban J connectivity index is 1.67. The Hall–Kier alpha value is -3.35. The largest absolute Gasteiger partial charge is 0.341 e. The summed E-state index contributed by atoms with van der Waals surface area (Å²) in [6.45, 7) is 4.64. The number of benzene rings is 2. The highest BCUT2D eigenvalue weighted by Gasteiger charge is 2.36. The van der Waals surface area contributed by atoms with Crippen molar-refractivity contribution in [2.45, 2.75) is 32.6 Å².